The van der Waals surface area contributed by atoms with E-state index in [0.717, 1.165) is 0 Å². The van der Waals surface area contributed by atoms with Crippen molar-refractivity contribution in [2.75, 3.05) is 12.4 Å². The first kappa shape index (κ1) is 20.5. The van der Waals surface area contributed by atoms with Gasteiger partial charge in [0.1, 0.15) is 0 Å². The van der Waals surface area contributed by atoms with Gasteiger partial charge in [-0.05, 0) is 30.3 Å². The van der Waals surface area contributed by atoms with Gasteiger partial charge in [0.05, 0.1) is 24.0 Å². The second kappa shape index (κ2) is 9.80. The molecular formula is C18H17Cl2N3O4. The van der Waals surface area contributed by atoms with Gasteiger partial charge < -0.3 is 15.2 Å². The second-order valence-electron chi connectivity index (χ2n) is 5.36. The lowest BCUT2D eigenvalue weighted by Gasteiger charge is -2.07. The number of phenolic OH excluding ortho intramolecular Hbond substituents is 1. The molecule has 2 aromatic carbocycles. The molecule has 0 atom stereocenters. The summed E-state index contributed by atoms with van der Waals surface area (Å²) in [6.45, 7) is 0. The van der Waals surface area contributed by atoms with Crippen molar-refractivity contribution in [3.05, 3.63) is 52.0 Å². The molecule has 142 valence electrons. The van der Waals surface area contributed by atoms with E-state index in [9.17, 15) is 14.7 Å². The highest BCUT2D eigenvalue weighted by Crippen LogP contribution is 2.28. The highest BCUT2D eigenvalue weighted by atomic mass is 35.5. The number of carbonyl (C=O) groups is 2. The number of amides is 2. The summed E-state index contributed by atoms with van der Waals surface area (Å²) >= 11 is 11.8. The lowest BCUT2D eigenvalue weighted by molar-refractivity contribution is -0.124. The maximum absolute atomic E-state index is 11.9. The van der Waals surface area contributed by atoms with Crippen LogP contribution in [0, 0.1) is 0 Å². The van der Waals surface area contributed by atoms with E-state index in [-0.39, 0.29) is 24.5 Å². The third-order valence-corrected chi connectivity index (χ3v) is 3.98. The Balaban J connectivity index is 1.81. The number of benzene rings is 2. The fourth-order valence-corrected chi connectivity index (χ4v) is 2.52. The highest BCUT2D eigenvalue weighted by Gasteiger charge is 2.09. The van der Waals surface area contributed by atoms with Crippen molar-refractivity contribution in [3.8, 4) is 11.5 Å². The number of nitrogens with one attached hydrogen (secondary N) is 2. The number of methoxy groups -OCH3 is 1. The minimum Gasteiger partial charge on any atom is -0.504 e. The summed E-state index contributed by atoms with van der Waals surface area (Å²) < 4.78 is 4.98. The minimum absolute atomic E-state index is 0.0509. The van der Waals surface area contributed by atoms with Crippen molar-refractivity contribution in [3.63, 3.8) is 0 Å². The number of hydrogen-bond donors (Lipinski definition) is 3. The minimum atomic E-state index is -0.453. The van der Waals surface area contributed by atoms with Crippen LogP contribution in [0.25, 0.3) is 0 Å². The van der Waals surface area contributed by atoms with E-state index >= 15 is 0 Å². The molecule has 0 saturated carbocycles. The predicted molar refractivity (Wildman–Crippen MR) is 105 cm³/mol. The van der Waals surface area contributed by atoms with Crippen molar-refractivity contribution in [2.45, 2.75) is 12.8 Å². The second-order valence-corrected chi connectivity index (χ2v) is 6.21. The largest absolute Gasteiger partial charge is 0.504 e. The summed E-state index contributed by atoms with van der Waals surface area (Å²) in [5, 5.41) is 17.0. The SMILES string of the molecule is COc1cccc(C=NNC(=O)CCC(=O)Nc2ccc(Cl)cc2Cl)c1O. The summed E-state index contributed by atoms with van der Waals surface area (Å²) in [4.78, 5) is 23.7. The van der Waals surface area contributed by atoms with Crippen molar-refractivity contribution in [1.29, 1.82) is 0 Å². The molecule has 0 heterocycles. The first-order chi connectivity index (χ1) is 12.9. The van der Waals surface area contributed by atoms with E-state index in [1.54, 1.807) is 30.3 Å². The van der Waals surface area contributed by atoms with Crippen LogP contribution in [-0.4, -0.2) is 30.2 Å². The molecule has 0 radical (unpaired) electrons. The monoisotopic (exact) mass is 409 g/mol. The first-order valence-corrected chi connectivity index (χ1v) is 8.59. The summed E-state index contributed by atoms with van der Waals surface area (Å²) in [5.41, 5.74) is 3.08. The Kier molecular flexibility index (Phi) is 7.45. The predicted octanol–water partition coefficient (Wildman–Crippen LogP) is 3.58. The van der Waals surface area contributed by atoms with Crippen LogP contribution in [0.3, 0.4) is 0 Å². The molecule has 0 saturated heterocycles. The van der Waals surface area contributed by atoms with Crippen LogP contribution in [0.5, 0.6) is 11.5 Å². The van der Waals surface area contributed by atoms with Gasteiger partial charge in [-0.15, -0.1) is 0 Å². The lowest BCUT2D eigenvalue weighted by Crippen LogP contribution is -2.20. The molecule has 2 rings (SSSR count). The molecule has 0 fully saturated rings. The number of ether oxygens (including phenoxy) is 1. The van der Waals surface area contributed by atoms with Crippen molar-refractivity contribution in [2.24, 2.45) is 5.10 Å². The molecule has 7 nitrogen and oxygen atoms in total. The lowest BCUT2D eigenvalue weighted by atomic mass is 10.2. The maximum Gasteiger partial charge on any atom is 0.240 e. The highest BCUT2D eigenvalue weighted by molar-refractivity contribution is 6.36. The van der Waals surface area contributed by atoms with E-state index in [1.807, 2.05) is 0 Å². The molecular weight excluding hydrogens is 393 g/mol. The third-order valence-electron chi connectivity index (χ3n) is 3.43. The Bertz CT molecular complexity index is 872. The third kappa shape index (κ3) is 6.16. The number of halogens is 2. The Hall–Kier alpha value is -2.77. The van der Waals surface area contributed by atoms with E-state index in [1.165, 1.54) is 19.4 Å². The van der Waals surface area contributed by atoms with E-state index in [0.29, 0.717) is 27.0 Å². The number of rotatable bonds is 7. The van der Waals surface area contributed by atoms with Crippen LogP contribution in [0.2, 0.25) is 10.0 Å². The first-order valence-electron chi connectivity index (χ1n) is 7.83. The standard InChI is InChI=1S/C18H17Cl2N3O4/c1-27-15-4-2-3-11(18(15)26)10-21-23-17(25)8-7-16(24)22-14-6-5-12(19)9-13(14)20/h2-6,9-10,26H,7-8H2,1H3,(H,22,24)(H,23,25). The van der Waals surface area contributed by atoms with E-state index in [4.69, 9.17) is 27.9 Å². The normalized spacial score (nSPS) is 10.6. The van der Waals surface area contributed by atoms with Gasteiger partial charge in [-0.1, -0.05) is 29.3 Å². The summed E-state index contributed by atoms with van der Waals surface area (Å²) in [6, 6.07) is 9.56. The molecule has 0 spiro atoms. The van der Waals surface area contributed by atoms with Crippen molar-refractivity contribution >= 4 is 46.9 Å². The van der Waals surface area contributed by atoms with Crippen LogP contribution >= 0.6 is 23.2 Å². The molecule has 0 bridgehead atoms. The number of anilines is 1. The smallest absolute Gasteiger partial charge is 0.240 e. The molecule has 3 N–H and O–H groups in total. The zero-order valence-corrected chi connectivity index (χ0v) is 15.8. The summed E-state index contributed by atoms with van der Waals surface area (Å²) in [7, 11) is 1.43. The molecule has 0 aliphatic heterocycles. The number of para-hydroxylation sites is 1. The van der Waals surface area contributed by atoms with Gasteiger partial charge in [-0.25, -0.2) is 5.43 Å². The Morgan fingerprint density at radius 3 is 2.63 bits per heavy atom. The molecule has 0 aliphatic rings. The molecule has 27 heavy (non-hydrogen) atoms. The van der Waals surface area contributed by atoms with Gasteiger partial charge >= 0.3 is 0 Å². The van der Waals surface area contributed by atoms with Gasteiger partial charge in [0.25, 0.3) is 0 Å². The fourth-order valence-electron chi connectivity index (χ4n) is 2.07. The number of hydrogen-bond acceptors (Lipinski definition) is 5. The van der Waals surface area contributed by atoms with Crippen molar-refractivity contribution in [1.82, 2.24) is 5.43 Å². The number of hydrazone groups is 1. The topological polar surface area (TPSA) is 100 Å². The van der Waals surface area contributed by atoms with Crippen LogP contribution in [0.1, 0.15) is 18.4 Å². The number of phenols is 1. The molecule has 0 unspecified atom stereocenters. The summed E-state index contributed by atoms with van der Waals surface area (Å²) in [6.07, 6.45) is 1.16. The van der Waals surface area contributed by atoms with Gasteiger partial charge in [-0.3, -0.25) is 9.59 Å². The van der Waals surface area contributed by atoms with Crippen molar-refractivity contribution < 1.29 is 19.4 Å². The van der Waals surface area contributed by atoms with Gasteiger partial charge in [0, 0.05) is 23.4 Å². The quantitative estimate of drug-likeness (QED) is 0.480. The Morgan fingerprint density at radius 1 is 1.19 bits per heavy atom. The van der Waals surface area contributed by atoms with Crippen LogP contribution < -0.4 is 15.5 Å². The van der Waals surface area contributed by atoms with Crippen LogP contribution in [0.15, 0.2) is 41.5 Å². The van der Waals surface area contributed by atoms with Crippen LogP contribution in [0.4, 0.5) is 5.69 Å². The number of aromatic hydroxyl groups is 1. The molecule has 9 heteroatoms. The fraction of sp³-hybridized carbons (Fsp3) is 0.167. The van der Waals surface area contributed by atoms with Gasteiger partial charge in [0.2, 0.25) is 11.8 Å². The zero-order chi connectivity index (χ0) is 19.8. The molecule has 0 aliphatic carbocycles. The molecule has 2 aromatic rings. The molecule has 2 amide bonds. The Labute approximate surface area is 165 Å². The zero-order valence-electron chi connectivity index (χ0n) is 14.3. The Morgan fingerprint density at radius 2 is 1.93 bits per heavy atom. The average Bonchev–Trinajstić information content (AvgIpc) is 2.64. The van der Waals surface area contributed by atoms with Gasteiger partial charge in [-0.2, -0.15) is 5.10 Å². The summed E-state index contributed by atoms with van der Waals surface area (Å²) in [5.74, 6) is -0.616. The molecule has 0 aromatic heterocycles. The van der Waals surface area contributed by atoms with Gasteiger partial charge in [0.15, 0.2) is 11.5 Å². The number of nitrogens with zero attached hydrogens (tertiary/aromatic N) is 1. The van der Waals surface area contributed by atoms with E-state index in [2.05, 4.69) is 15.8 Å². The van der Waals surface area contributed by atoms with Crippen LogP contribution in [-0.2, 0) is 9.59 Å². The average molecular weight is 410 g/mol. The maximum atomic E-state index is 11.9. The number of carbonyl (C=O) groups excluding carboxylic acids is 2. The van der Waals surface area contributed by atoms with E-state index < -0.39 is 5.91 Å².